The third-order valence-electron chi connectivity index (χ3n) is 5.10. The summed E-state index contributed by atoms with van der Waals surface area (Å²) in [5, 5.41) is 10.1. The molecular weight excluding hydrogens is 234 g/mol. The first-order chi connectivity index (χ1) is 9.15. The SMILES string of the molecule is Cc1cc2c(cc1O)[C@H](C1CCCC1)CN(C)CC2. The molecule has 0 amide bonds. The Morgan fingerprint density at radius 2 is 1.95 bits per heavy atom. The number of hydrogen-bond donors (Lipinski definition) is 1. The number of rotatable bonds is 1. The molecule has 19 heavy (non-hydrogen) atoms. The van der Waals surface area contributed by atoms with Gasteiger partial charge >= 0.3 is 0 Å². The summed E-state index contributed by atoms with van der Waals surface area (Å²) in [4.78, 5) is 2.47. The standard InChI is InChI=1S/C17H25NO/c1-12-9-14-7-8-18(2)11-16(13-5-3-4-6-13)15(14)10-17(12)19/h9-10,13,16,19H,3-8,11H2,1-2H3/t16-/m0/s1. The highest BCUT2D eigenvalue weighted by molar-refractivity contribution is 5.44. The van der Waals surface area contributed by atoms with Gasteiger partial charge in [0, 0.05) is 13.1 Å². The van der Waals surface area contributed by atoms with E-state index in [4.69, 9.17) is 0 Å². The number of hydrogen-bond acceptors (Lipinski definition) is 2. The first-order valence-electron chi connectivity index (χ1n) is 7.66. The largest absolute Gasteiger partial charge is 0.508 e. The number of aryl methyl sites for hydroxylation is 1. The summed E-state index contributed by atoms with van der Waals surface area (Å²) in [5.41, 5.74) is 3.92. The topological polar surface area (TPSA) is 23.5 Å². The van der Waals surface area contributed by atoms with Gasteiger partial charge in [0.15, 0.2) is 0 Å². The lowest BCUT2D eigenvalue weighted by Gasteiger charge is -2.27. The Balaban J connectivity index is 2.01. The second kappa shape index (κ2) is 5.16. The first-order valence-corrected chi connectivity index (χ1v) is 7.66. The lowest BCUT2D eigenvalue weighted by Crippen LogP contribution is -2.26. The maximum atomic E-state index is 10.1. The molecule has 1 saturated carbocycles. The van der Waals surface area contributed by atoms with Crippen LogP contribution in [0, 0.1) is 12.8 Å². The van der Waals surface area contributed by atoms with Crippen LogP contribution in [-0.2, 0) is 6.42 Å². The third-order valence-corrected chi connectivity index (χ3v) is 5.10. The van der Waals surface area contributed by atoms with Gasteiger partial charge in [0.2, 0.25) is 0 Å². The second-order valence-corrected chi connectivity index (χ2v) is 6.50. The Labute approximate surface area is 116 Å². The molecular formula is C17H25NO. The number of benzene rings is 1. The highest BCUT2D eigenvalue weighted by Gasteiger charge is 2.31. The predicted molar refractivity (Wildman–Crippen MR) is 78.7 cm³/mol. The number of fused-ring (bicyclic) bond motifs is 1. The summed E-state index contributed by atoms with van der Waals surface area (Å²) in [7, 11) is 2.24. The third kappa shape index (κ3) is 2.51. The number of phenolic OH excluding ortho intramolecular Hbond substituents is 1. The van der Waals surface area contributed by atoms with E-state index in [0.29, 0.717) is 11.7 Å². The minimum absolute atomic E-state index is 0.478. The van der Waals surface area contributed by atoms with Crippen LogP contribution in [0.3, 0.4) is 0 Å². The second-order valence-electron chi connectivity index (χ2n) is 6.50. The smallest absolute Gasteiger partial charge is 0.118 e. The number of likely N-dealkylation sites (N-methyl/N-ethyl adjacent to an activating group) is 1. The average Bonchev–Trinajstić information content (AvgIpc) is 2.86. The van der Waals surface area contributed by atoms with Crippen molar-refractivity contribution in [3.8, 4) is 5.75 Å². The molecule has 0 bridgehead atoms. The van der Waals surface area contributed by atoms with E-state index in [9.17, 15) is 5.11 Å². The van der Waals surface area contributed by atoms with Crippen LogP contribution in [-0.4, -0.2) is 30.1 Å². The quantitative estimate of drug-likeness (QED) is 0.835. The Morgan fingerprint density at radius 3 is 2.68 bits per heavy atom. The van der Waals surface area contributed by atoms with Crippen LogP contribution in [0.1, 0.15) is 48.3 Å². The number of aromatic hydroxyl groups is 1. The molecule has 2 heteroatoms. The van der Waals surface area contributed by atoms with Gasteiger partial charge in [-0.1, -0.05) is 18.9 Å². The molecule has 0 saturated heterocycles. The molecule has 0 spiro atoms. The van der Waals surface area contributed by atoms with Crippen LogP contribution < -0.4 is 0 Å². The van der Waals surface area contributed by atoms with Gasteiger partial charge in [0.1, 0.15) is 5.75 Å². The number of nitrogens with zero attached hydrogens (tertiary/aromatic N) is 1. The van der Waals surface area contributed by atoms with E-state index in [1.165, 1.54) is 36.8 Å². The van der Waals surface area contributed by atoms with Crippen LogP contribution in [0.2, 0.25) is 0 Å². The lowest BCUT2D eigenvalue weighted by atomic mass is 9.82. The molecule has 0 unspecified atom stereocenters. The van der Waals surface area contributed by atoms with Gasteiger partial charge < -0.3 is 10.0 Å². The Morgan fingerprint density at radius 1 is 1.21 bits per heavy atom. The molecule has 1 atom stereocenters. The summed E-state index contributed by atoms with van der Waals surface area (Å²) in [6.45, 7) is 4.30. The fraction of sp³-hybridized carbons (Fsp3) is 0.647. The van der Waals surface area contributed by atoms with Crippen molar-refractivity contribution in [3.05, 3.63) is 28.8 Å². The van der Waals surface area contributed by atoms with E-state index in [1.54, 1.807) is 0 Å². The fourth-order valence-corrected chi connectivity index (χ4v) is 3.93. The predicted octanol–water partition coefficient (Wildman–Crippen LogP) is 3.46. The fourth-order valence-electron chi connectivity index (χ4n) is 3.93. The minimum atomic E-state index is 0.478. The molecule has 1 fully saturated rings. The van der Waals surface area contributed by atoms with Crippen LogP contribution in [0.15, 0.2) is 12.1 Å². The summed E-state index contributed by atoms with van der Waals surface area (Å²) < 4.78 is 0. The van der Waals surface area contributed by atoms with Gasteiger partial charge in [-0.25, -0.2) is 0 Å². The van der Waals surface area contributed by atoms with E-state index in [0.717, 1.165) is 31.0 Å². The zero-order chi connectivity index (χ0) is 13.4. The Bertz CT molecular complexity index is 463. The lowest BCUT2D eigenvalue weighted by molar-refractivity contribution is 0.283. The molecule has 2 nitrogen and oxygen atoms in total. The van der Waals surface area contributed by atoms with Gasteiger partial charge in [0.25, 0.3) is 0 Å². The molecule has 1 heterocycles. The van der Waals surface area contributed by atoms with Crippen LogP contribution in [0.5, 0.6) is 5.75 Å². The zero-order valence-corrected chi connectivity index (χ0v) is 12.2. The van der Waals surface area contributed by atoms with Gasteiger partial charge in [-0.15, -0.1) is 0 Å². The molecule has 0 aromatic heterocycles. The summed E-state index contributed by atoms with van der Waals surface area (Å²) in [6.07, 6.45) is 6.63. The molecule has 1 aromatic rings. The maximum absolute atomic E-state index is 10.1. The van der Waals surface area contributed by atoms with E-state index in [-0.39, 0.29) is 0 Å². The summed E-state index contributed by atoms with van der Waals surface area (Å²) in [5.74, 6) is 1.92. The molecule has 2 aliphatic rings. The average molecular weight is 259 g/mol. The number of phenols is 1. The summed E-state index contributed by atoms with van der Waals surface area (Å²) >= 11 is 0. The minimum Gasteiger partial charge on any atom is -0.508 e. The molecule has 1 aliphatic carbocycles. The van der Waals surface area contributed by atoms with Crippen molar-refractivity contribution in [2.24, 2.45) is 5.92 Å². The Hall–Kier alpha value is -1.02. The van der Waals surface area contributed by atoms with Gasteiger partial charge in [0.05, 0.1) is 0 Å². The van der Waals surface area contributed by atoms with Crippen molar-refractivity contribution in [2.75, 3.05) is 20.1 Å². The highest BCUT2D eigenvalue weighted by atomic mass is 16.3. The summed E-state index contributed by atoms with van der Waals surface area (Å²) in [6, 6.07) is 4.28. The van der Waals surface area contributed by atoms with Crippen molar-refractivity contribution >= 4 is 0 Å². The molecule has 1 aliphatic heterocycles. The van der Waals surface area contributed by atoms with E-state index in [1.807, 2.05) is 6.92 Å². The van der Waals surface area contributed by atoms with Crippen molar-refractivity contribution < 1.29 is 5.11 Å². The van der Waals surface area contributed by atoms with Gasteiger partial charge in [-0.05, 0) is 67.8 Å². The molecule has 1 N–H and O–H groups in total. The molecule has 1 aromatic carbocycles. The maximum Gasteiger partial charge on any atom is 0.118 e. The zero-order valence-electron chi connectivity index (χ0n) is 12.2. The molecule has 104 valence electrons. The van der Waals surface area contributed by atoms with Crippen molar-refractivity contribution in [1.29, 1.82) is 0 Å². The van der Waals surface area contributed by atoms with E-state index in [2.05, 4.69) is 24.1 Å². The molecule has 3 rings (SSSR count). The normalized spacial score (nSPS) is 25.3. The highest BCUT2D eigenvalue weighted by Crippen LogP contribution is 2.41. The van der Waals surface area contributed by atoms with Gasteiger partial charge in [-0.3, -0.25) is 0 Å². The van der Waals surface area contributed by atoms with Crippen molar-refractivity contribution in [3.63, 3.8) is 0 Å². The Kier molecular flexibility index (Phi) is 3.53. The van der Waals surface area contributed by atoms with Crippen molar-refractivity contribution in [1.82, 2.24) is 4.90 Å². The van der Waals surface area contributed by atoms with Crippen LogP contribution in [0.4, 0.5) is 0 Å². The van der Waals surface area contributed by atoms with Crippen molar-refractivity contribution in [2.45, 2.75) is 44.9 Å². The van der Waals surface area contributed by atoms with Gasteiger partial charge in [-0.2, -0.15) is 0 Å². The van der Waals surface area contributed by atoms with E-state index < -0.39 is 0 Å². The van der Waals surface area contributed by atoms with Crippen LogP contribution in [0.25, 0.3) is 0 Å². The van der Waals surface area contributed by atoms with Crippen LogP contribution >= 0.6 is 0 Å². The molecule has 0 radical (unpaired) electrons. The van der Waals surface area contributed by atoms with E-state index >= 15 is 0 Å². The first kappa shape index (κ1) is 13.0. The monoisotopic (exact) mass is 259 g/mol.